The molecule has 4 rings (SSSR count). The van der Waals surface area contributed by atoms with Crippen molar-refractivity contribution < 1.29 is 4.74 Å². The number of aromatic nitrogens is 3. The van der Waals surface area contributed by atoms with Crippen molar-refractivity contribution >= 4 is 44.8 Å². The van der Waals surface area contributed by atoms with Gasteiger partial charge in [0.15, 0.2) is 0 Å². The summed E-state index contributed by atoms with van der Waals surface area (Å²) in [6, 6.07) is 7.70. The Labute approximate surface area is 159 Å². The summed E-state index contributed by atoms with van der Waals surface area (Å²) in [6.07, 6.45) is 6.29. The maximum atomic E-state index is 5.95. The molecule has 3 heterocycles. The molecule has 5 nitrogen and oxygen atoms in total. The minimum atomic E-state index is 0.237. The Bertz CT molecular complexity index is 824. The second kappa shape index (κ2) is 7.15. The maximum Gasteiger partial charge on any atom is 0.214 e. The lowest BCUT2D eigenvalue weighted by atomic mass is 9.99. The first kappa shape index (κ1) is 17.1. The van der Waals surface area contributed by atoms with E-state index in [0.717, 1.165) is 59.0 Å². The third kappa shape index (κ3) is 3.65. The molecule has 0 amide bonds. The highest BCUT2D eigenvalue weighted by atomic mass is 35.5. The summed E-state index contributed by atoms with van der Waals surface area (Å²) in [5.41, 5.74) is 1.95. The largest absolute Gasteiger partial charge is 0.381 e. The van der Waals surface area contributed by atoms with Gasteiger partial charge >= 0.3 is 0 Å². The van der Waals surface area contributed by atoms with Crippen LogP contribution in [0, 0.1) is 0 Å². The molecule has 0 bridgehead atoms. The van der Waals surface area contributed by atoms with Gasteiger partial charge in [-0.05, 0) is 31.2 Å². The van der Waals surface area contributed by atoms with Crippen LogP contribution in [0.15, 0.2) is 30.5 Å². The van der Waals surface area contributed by atoms with Gasteiger partial charge in [-0.15, -0.1) is 5.10 Å². The third-order valence-corrected chi connectivity index (χ3v) is 7.13. The van der Waals surface area contributed by atoms with E-state index in [2.05, 4.69) is 21.7 Å². The molecule has 0 radical (unpaired) electrons. The molecule has 2 aromatic heterocycles. The summed E-state index contributed by atoms with van der Waals surface area (Å²) in [5, 5.41) is 9.76. The van der Waals surface area contributed by atoms with Crippen LogP contribution in [0.5, 0.6) is 0 Å². The van der Waals surface area contributed by atoms with Gasteiger partial charge in [0.1, 0.15) is 0 Å². The molecule has 25 heavy (non-hydrogen) atoms. The fourth-order valence-corrected chi connectivity index (χ4v) is 4.66. The Balaban J connectivity index is 1.48. The first-order chi connectivity index (χ1) is 12.2. The molecule has 0 atom stereocenters. The number of halogens is 1. The lowest BCUT2D eigenvalue weighted by Crippen LogP contribution is -2.39. The highest BCUT2D eigenvalue weighted by molar-refractivity contribution is 8.00. The summed E-state index contributed by atoms with van der Waals surface area (Å²) in [6.45, 7) is 2.58. The van der Waals surface area contributed by atoms with Crippen molar-refractivity contribution in [3.8, 4) is 11.3 Å². The van der Waals surface area contributed by atoms with Crippen molar-refractivity contribution in [2.24, 2.45) is 0 Å². The van der Waals surface area contributed by atoms with E-state index < -0.39 is 0 Å². The van der Waals surface area contributed by atoms with Crippen molar-refractivity contribution in [2.75, 3.05) is 31.3 Å². The number of anilines is 1. The Hall–Kier alpha value is -1.28. The van der Waals surface area contributed by atoms with Crippen molar-refractivity contribution in [1.82, 2.24) is 14.6 Å². The molecule has 1 fully saturated rings. The number of hydrogen-bond acceptors (Lipinski definition) is 6. The van der Waals surface area contributed by atoms with Crippen LogP contribution in [0.25, 0.3) is 16.2 Å². The number of imidazole rings is 1. The van der Waals surface area contributed by atoms with Crippen LogP contribution in [-0.4, -0.2) is 45.4 Å². The molecule has 0 spiro atoms. The molecule has 1 aromatic carbocycles. The Morgan fingerprint density at radius 2 is 2.08 bits per heavy atom. The highest BCUT2D eigenvalue weighted by Crippen LogP contribution is 2.34. The van der Waals surface area contributed by atoms with Crippen LogP contribution in [0.2, 0.25) is 5.02 Å². The molecular weight excluding hydrogens is 376 g/mol. The van der Waals surface area contributed by atoms with E-state index in [4.69, 9.17) is 16.3 Å². The maximum absolute atomic E-state index is 5.95. The van der Waals surface area contributed by atoms with E-state index in [1.165, 1.54) is 0 Å². The molecule has 1 aliphatic rings. The molecule has 0 unspecified atom stereocenters. The van der Waals surface area contributed by atoms with E-state index in [0.29, 0.717) is 0 Å². The predicted molar refractivity (Wildman–Crippen MR) is 106 cm³/mol. The van der Waals surface area contributed by atoms with Gasteiger partial charge < -0.3 is 10.1 Å². The van der Waals surface area contributed by atoms with Crippen molar-refractivity contribution in [3.05, 3.63) is 35.5 Å². The summed E-state index contributed by atoms with van der Waals surface area (Å²) in [7, 11) is 0. The predicted octanol–water partition coefficient (Wildman–Crippen LogP) is 4.44. The van der Waals surface area contributed by atoms with E-state index in [-0.39, 0.29) is 4.75 Å². The molecule has 1 N–H and O–H groups in total. The molecule has 0 saturated carbocycles. The molecule has 3 aromatic rings. The minimum Gasteiger partial charge on any atom is -0.381 e. The standard InChI is InChI=1S/C17H19ClN4OS2/c1-24-17(6-8-23-9-7-17)11-19-15-21-22-10-14(20-16(22)25-15)12-2-4-13(18)5-3-12/h2-5,10H,6-9,11H2,1H3,(H,19,21). The number of hydrogen-bond donors (Lipinski definition) is 1. The van der Waals surface area contributed by atoms with E-state index in [1.807, 2.05) is 46.7 Å². The summed E-state index contributed by atoms with van der Waals surface area (Å²) in [5.74, 6) is 0. The van der Waals surface area contributed by atoms with Crippen LogP contribution in [0.4, 0.5) is 5.13 Å². The Morgan fingerprint density at radius 3 is 2.76 bits per heavy atom. The van der Waals surface area contributed by atoms with Gasteiger partial charge in [0.2, 0.25) is 10.1 Å². The van der Waals surface area contributed by atoms with Gasteiger partial charge in [-0.25, -0.2) is 9.50 Å². The molecular formula is C17H19ClN4OS2. The van der Waals surface area contributed by atoms with Crippen molar-refractivity contribution in [2.45, 2.75) is 17.6 Å². The fourth-order valence-electron chi connectivity index (χ4n) is 2.96. The molecule has 1 aliphatic heterocycles. The number of thioether (sulfide) groups is 1. The van der Waals surface area contributed by atoms with Gasteiger partial charge in [0, 0.05) is 35.1 Å². The van der Waals surface area contributed by atoms with Gasteiger partial charge in [0.05, 0.1) is 11.9 Å². The summed E-state index contributed by atoms with van der Waals surface area (Å²) < 4.78 is 7.58. The van der Waals surface area contributed by atoms with Crippen LogP contribution in [0.1, 0.15) is 12.8 Å². The SMILES string of the molecule is CSC1(CNc2nn3cc(-c4ccc(Cl)cc4)nc3s2)CCOCC1. The van der Waals surface area contributed by atoms with Gasteiger partial charge in [-0.1, -0.05) is 35.1 Å². The van der Waals surface area contributed by atoms with Gasteiger partial charge in [-0.2, -0.15) is 11.8 Å². The minimum absolute atomic E-state index is 0.237. The number of rotatable bonds is 5. The molecule has 0 aliphatic carbocycles. The molecule has 8 heteroatoms. The van der Waals surface area contributed by atoms with Crippen LogP contribution in [0.3, 0.4) is 0 Å². The van der Waals surface area contributed by atoms with Crippen LogP contribution >= 0.6 is 34.7 Å². The molecule has 132 valence electrons. The normalized spacial score (nSPS) is 17.0. The highest BCUT2D eigenvalue weighted by Gasteiger charge is 2.31. The van der Waals surface area contributed by atoms with E-state index in [9.17, 15) is 0 Å². The van der Waals surface area contributed by atoms with Crippen molar-refractivity contribution in [3.63, 3.8) is 0 Å². The Kier molecular flexibility index (Phi) is 4.90. The zero-order chi connectivity index (χ0) is 17.3. The zero-order valence-corrected chi connectivity index (χ0v) is 16.3. The zero-order valence-electron chi connectivity index (χ0n) is 13.9. The molecule has 1 saturated heterocycles. The smallest absolute Gasteiger partial charge is 0.214 e. The van der Waals surface area contributed by atoms with E-state index in [1.54, 1.807) is 11.3 Å². The average molecular weight is 395 g/mol. The number of fused-ring (bicyclic) bond motifs is 1. The van der Waals surface area contributed by atoms with Gasteiger partial charge in [-0.3, -0.25) is 0 Å². The summed E-state index contributed by atoms with van der Waals surface area (Å²) >= 11 is 9.45. The number of nitrogens with zero attached hydrogens (tertiary/aromatic N) is 3. The number of ether oxygens (including phenoxy) is 1. The number of nitrogens with one attached hydrogen (secondary N) is 1. The van der Waals surface area contributed by atoms with E-state index >= 15 is 0 Å². The fraction of sp³-hybridized carbons (Fsp3) is 0.412. The summed E-state index contributed by atoms with van der Waals surface area (Å²) in [4.78, 5) is 5.56. The lowest BCUT2D eigenvalue weighted by Gasteiger charge is -2.35. The topological polar surface area (TPSA) is 51.5 Å². The lowest BCUT2D eigenvalue weighted by molar-refractivity contribution is 0.0802. The van der Waals surface area contributed by atoms with Crippen molar-refractivity contribution in [1.29, 1.82) is 0 Å². The number of benzene rings is 1. The Morgan fingerprint density at radius 1 is 1.32 bits per heavy atom. The van der Waals surface area contributed by atoms with Crippen LogP contribution < -0.4 is 5.32 Å². The van der Waals surface area contributed by atoms with Crippen LogP contribution in [-0.2, 0) is 4.74 Å². The first-order valence-electron chi connectivity index (χ1n) is 8.16. The van der Waals surface area contributed by atoms with Gasteiger partial charge in [0.25, 0.3) is 0 Å². The second-order valence-corrected chi connectivity index (χ2v) is 8.79. The monoisotopic (exact) mass is 394 g/mol. The average Bonchev–Trinajstić information content (AvgIpc) is 3.20. The quantitative estimate of drug-likeness (QED) is 0.693. The first-order valence-corrected chi connectivity index (χ1v) is 10.6. The third-order valence-electron chi connectivity index (χ3n) is 4.58. The second-order valence-electron chi connectivity index (χ2n) is 6.12.